The molecule has 0 aliphatic carbocycles. The van der Waals surface area contributed by atoms with Gasteiger partial charge >= 0.3 is 6.09 Å². The zero-order valence-corrected chi connectivity index (χ0v) is 6.73. The van der Waals surface area contributed by atoms with E-state index in [-0.39, 0.29) is 0 Å². The lowest BCUT2D eigenvalue weighted by Crippen LogP contribution is -2.35. The van der Waals surface area contributed by atoms with Crippen LogP contribution in [0.1, 0.15) is 0 Å². The molecule has 1 radical (unpaired) electrons. The fourth-order valence-corrected chi connectivity index (χ4v) is 0.392. The maximum absolute atomic E-state index is 10.9. The molecule has 0 bridgehead atoms. The van der Waals surface area contributed by atoms with E-state index < -0.39 is 17.7 Å². The molecule has 0 saturated heterocycles. The van der Waals surface area contributed by atoms with Gasteiger partial charge in [0, 0.05) is 0 Å². The first kappa shape index (κ1) is 10.9. The van der Waals surface area contributed by atoms with Crippen molar-refractivity contribution in [2.75, 3.05) is 7.11 Å². The van der Waals surface area contributed by atoms with Crippen LogP contribution in [0.3, 0.4) is 0 Å². The predicted molar refractivity (Wildman–Crippen MR) is 40.0 cm³/mol. The molecule has 0 aromatic rings. The summed E-state index contributed by atoms with van der Waals surface area (Å²) in [6.45, 7) is 0. The summed E-state index contributed by atoms with van der Waals surface area (Å²) in [4.78, 5) is 25.5. The number of carbonyl (C=O) groups is 2. The zero-order valence-electron chi connectivity index (χ0n) is 6.73. The predicted octanol–water partition coefficient (Wildman–Crippen LogP) is -0.443. The first-order valence-corrected chi connectivity index (χ1v) is 2.94. The number of alkyl carbamates (subject to hydrolysis) is 1. The second kappa shape index (κ2) is 5.54. The Bertz CT molecular complexity index is 278. The summed E-state index contributed by atoms with van der Waals surface area (Å²) < 4.78 is 3.87. The van der Waals surface area contributed by atoms with Crippen LogP contribution in [0.4, 0.5) is 4.79 Å². The van der Waals surface area contributed by atoms with E-state index in [4.69, 9.17) is 5.26 Å². The van der Waals surface area contributed by atoms with Gasteiger partial charge in [-0.05, 0) is 0 Å². The van der Waals surface area contributed by atoms with Crippen LogP contribution in [-0.2, 0) is 14.4 Å². The summed E-state index contributed by atoms with van der Waals surface area (Å²) in [6, 6.07) is 1.42. The Balaban J connectivity index is 4.34. The quantitative estimate of drug-likeness (QED) is 0.463. The van der Waals surface area contributed by atoms with Gasteiger partial charge < -0.3 is 9.57 Å². The Morgan fingerprint density at radius 3 is 2.62 bits per heavy atom. The molecule has 2 amide bonds. The highest BCUT2D eigenvalue weighted by molar-refractivity contribution is 6.46. The van der Waals surface area contributed by atoms with Crippen molar-refractivity contribution in [3.63, 3.8) is 0 Å². The highest BCUT2D eigenvalue weighted by Gasteiger charge is 2.14. The van der Waals surface area contributed by atoms with E-state index in [1.165, 1.54) is 6.07 Å². The van der Waals surface area contributed by atoms with Crippen LogP contribution in [0.5, 0.6) is 0 Å². The average molecular weight is 184 g/mol. The molecule has 0 aromatic carbocycles. The number of hydrogen-bond acceptors (Lipinski definition) is 6. The van der Waals surface area contributed by atoms with E-state index in [9.17, 15) is 9.59 Å². The van der Waals surface area contributed by atoms with Crippen molar-refractivity contribution in [1.29, 1.82) is 5.26 Å². The molecule has 1 N–H and O–H groups in total. The molecule has 0 fully saturated rings. The Hall–Kier alpha value is -2.10. The van der Waals surface area contributed by atoms with Crippen molar-refractivity contribution >= 4 is 17.7 Å². The SMILES string of the molecule is [CH2]OC(=O)NC(=O)C(C#N)=NOC. The first-order valence-electron chi connectivity index (χ1n) is 2.94. The van der Waals surface area contributed by atoms with Gasteiger partial charge in [0.2, 0.25) is 5.71 Å². The van der Waals surface area contributed by atoms with E-state index in [2.05, 4.69) is 21.8 Å². The van der Waals surface area contributed by atoms with E-state index >= 15 is 0 Å². The minimum atomic E-state index is -1.08. The molecule has 0 atom stereocenters. The maximum atomic E-state index is 10.9. The largest absolute Gasteiger partial charge is 0.446 e. The van der Waals surface area contributed by atoms with Crippen molar-refractivity contribution in [2.24, 2.45) is 5.16 Å². The Morgan fingerprint density at radius 2 is 2.23 bits per heavy atom. The molecule has 0 rings (SSSR count). The fraction of sp³-hybridized carbons (Fsp3) is 0.167. The number of nitriles is 1. The molecular formula is C6H6N3O4. The van der Waals surface area contributed by atoms with Crippen molar-refractivity contribution < 1.29 is 19.2 Å². The van der Waals surface area contributed by atoms with Crippen LogP contribution in [0.25, 0.3) is 0 Å². The molecular weight excluding hydrogens is 178 g/mol. The number of amides is 2. The lowest BCUT2D eigenvalue weighted by Gasteiger charge is -1.98. The molecule has 7 nitrogen and oxygen atoms in total. The molecule has 0 spiro atoms. The number of nitrogens with zero attached hydrogens (tertiary/aromatic N) is 2. The average Bonchev–Trinajstić information content (AvgIpc) is 2.13. The third-order valence-electron chi connectivity index (χ3n) is 0.850. The molecule has 0 unspecified atom stereocenters. The van der Waals surface area contributed by atoms with E-state index in [0.29, 0.717) is 0 Å². The van der Waals surface area contributed by atoms with Crippen LogP contribution in [0.2, 0.25) is 0 Å². The minimum Gasteiger partial charge on any atom is -0.446 e. The lowest BCUT2D eigenvalue weighted by molar-refractivity contribution is -0.114. The van der Waals surface area contributed by atoms with Gasteiger partial charge in [-0.3, -0.25) is 10.1 Å². The Labute approximate surface area is 73.9 Å². The molecule has 0 saturated carbocycles. The first-order chi connectivity index (χ1) is 6.15. The van der Waals surface area contributed by atoms with Crippen molar-refractivity contribution in [3.05, 3.63) is 7.11 Å². The number of hydrogen-bond donors (Lipinski definition) is 1. The Kier molecular flexibility index (Phi) is 4.64. The molecule has 0 aliphatic heterocycles. The van der Waals surface area contributed by atoms with Crippen molar-refractivity contribution in [1.82, 2.24) is 5.32 Å². The molecule has 0 heterocycles. The summed E-state index contributed by atoms with van der Waals surface area (Å²) in [5.41, 5.74) is -0.590. The normalized spacial score (nSPS) is 9.77. The van der Waals surface area contributed by atoms with Gasteiger partial charge in [-0.15, -0.1) is 0 Å². The van der Waals surface area contributed by atoms with Gasteiger partial charge in [0.15, 0.2) is 0 Å². The summed E-state index contributed by atoms with van der Waals surface area (Å²) in [7, 11) is 3.91. The summed E-state index contributed by atoms with van der Waals surface area (Å²) >= 11 is 0. The number of rotatable bonds is 2. The maximum Gasteiger partial charge on any atom is 0.414 e. The summed E-state index contributed by atoms with van der Waals surface area (Å²) in [5, 5.41) is 13.0. The van der Waals surface area contributed by atoms with Gasteiger partial charge in [0.1, 0.15) is 20.3 Å². The molecule has 0 aliphatic rings. The van der Waals surface area contributed by atoms with Gasteiger partial charge in [-0.2, -0.15) is 5.26 Å². The third-order valence-corrected chi connectivity index (χ3v) is 0.850. The fourth-order valence-electron chi connectivity index (χ4n) is 0.392. The smallest absolute Gasteiger partial charge is 0.414 e. The van der Waals surface area contributed by atoms with Crippen molar-refractivity contribution in [2.45, 2.75) is 0 Å². The second-order valence-corrected chi connectivity index (χ2v) is 1.62. The lowest BCUT2D eigenvalue weighted by atomic mass is 10.4. The van der Waals surface area contributed by atoms with E-state index in [1.807, 2.05) is 0 Å². The van der Waals surface area contributed by atoms with E-state index in [1.54, 1.807) is 5.32 Å². The standard InChI is InChI=1S/C6H6N3O4/c1-12-6(11)8-5(10)4(3-7)9-13-2/h1H2,2H3,(H,8,10,11). The van der Waals surface area contributed by atoms with Crippen LogP contribution >= 0.6 is 0 Å². The number of oxime groups is 1. The van der Waals surface area contributed by atoms with Gasteiger partial charge in [0.25, 0.3) is 5.91 Å². The minimum absolute atomic E-state index is 0.590. The Morgan fingerprint density at radius 1 is 1.62 bits per heavy atom. The summed E-state index contributed by atoms with van der Waals surface area (Å²) in [5.74, 6) is -1.02. The topological polar surface area (TPSA) is 101 Å². The monoisotopic (exact) mass is 184 g/mol. The van der Waals surface area contributed by atoms with Crippen LogP contribution < -0.4 is 5.32 Å². The van der Waals surface area contributed by atoms with Crippen LogP contribution in [0, 0.1) is 18.4 Å². The summed E-state index contributed by atoms with van der Waals surface area (Å²) in [6.07, 6.45) is -1.08. The number of ether oxygens (including phenoxy) is 1. The molecule has 13 heavy (non-hydrogen) atoms. The van der Waals surface area contributed by atoms with Crippen LogP contribution in [0.15, 0.2) is 5.16 Å². The second-order valence-electron chi connectivity index (χ2n) is 1.62. The molecule has 7 heteroatoms. The highest BCUT2D eigenvalue weighted by atomic mass is 16.6. The number of imide groups is 1. The molecule has 69 valence electrons. The van der Waals surface area contributed by atoms with Gasteiger partial charge in [0.05, 0.1) is 0 Å². The van der Waals surface area contributed by atoms with Crippen molar-refractivity contribution in [3.8, 4) is 6.07 Å². The highest BCUT2D eigenvalue weighted by Crippen LogP contribution is 1.81. The third kappa shape index (κ3) is 3.71. The molecule has 0 aromatic heterocycles. The van der Waals surface area contributed by atoms with Gasteiger partial charge in [-0.25, -0.2) is 4.79 Å². The number of carbonyl (C=O) groups excluding carboxylic acids is 2. The van der Waals surface area contributed by atoms with E-state index in [0.717, 1.165) is 7.11 Å². The zero-order chi connectivity index (χ0) is 10.3. The van der Waals surface area contributed by atoms with Gasteiger partial charge in [-0.1, -0.05) is 5.16 Å². The van der Waals surface area contributed by atoms with Crippen LogP contribution in [-0.4, -0.2) is 24.8 Å². The number of nitrogens with one attached hydrogen (secondary N) is 1.